The molecule has 5 heteroatoms. The standard InChI is InChI=1S/C18H23N3OS/c22-18(14-19-7-1-2-8-19)20-9-3-16(4-10-20)21-11-5-17-15(13-21)6-12-23-17/h1-2,6-8,12,16H,3-5,9-11,13-14H2. The van der Waals surface area contributed by atoms with Crippen molar-refractivity contribution in [3.8, 4) is 0 Å². The van der Waals surface area contributed by atoms with Crippen molar-refractivity contribution in [1.29, 1.82) is 0 Å². The van der Waals surface area contributed by atoms with Crippen LogP contribution in [0.3, 0.4) is 0 Å². The smallest absolute Gasteiger partial charge is 0.242 e. The second-order valence-corrected chi connectivity index (χ2v) is 7.56. The second-order valence-electron chi connectivity index (χ2n) is 6.56. The van der Waals surface area contributed by atoms with E-state index in [4.69, 9.17) is 0 Å². The molecular weight excluding hydrogens is 306 g/mol. The van der Waals surface area contributed by atoms with Gasteiger partial charge in [-0.1, -0.05) is 0 Å². The average molecular weight is 329 g/mol. The van der Waals surface area contributed by atoms with Gasteiger partial charge in [0, 0.05) is 49.5 Å². The van der Waals surface area contributed by atoms with Crippen LogP contribution in [0.15, 0.2) is 36.0 Å². The maximum Gasteiger partial charge on any atom is 0.242 e. The number of rotatable bonds is 3. The maximum absolute atomic E-state index is 12.4. The molecule has 0 atom stereocenters. The third kappa shape index (κ3) is 3.21. The summed E-state index contributed by atoms with van der Waals surface area (Å²) < 4.78 is 1.96. The highest BCUT2D eigenvalue weighted by molar-refractivity contribution is 7.10. The van der Waals surface area contributed by atoms with E-state index in [1.807, 2.05) is 45.3 Å². The molecular formula is C18H23N3OS. The molecule has 1 amide bonds. The molecule has 2 aliphatic rings. The first-order chi connectivity index (χ1) is 11.3. The number of hydrogen-bond acceptors (Lipinski definition) is 3. The molecule has 2 aromatic rings. The zero-order chi connectivity index (χ0) is 15.6. The Hall–Kier alpha value is -1.59. The molecule has 0 aliphatic carbocycles. The maximum atomic E-state index is 12.4. The molecule has 0 spiro atoms. The summed E-state index contributed by atoms with van der Waals surface area (Å²) >= 11 is 1.90. The third-order valence-electron chi connectivity index (χ3n) is 5.15. The summed E-state index contributed by atoms with van der Waals surface area (Å²) in [5, 5.41) is 2.22. The van der Waals surface area contributed by atoms with Crippen molar-refractivity contribution in [2.45, 2.75) is 38.4 Å². The van der Waals surface area contributed by atoms with E-state index in [9.17, 15) is 4.79 Å². The van der Waals surface area contributed by atoms with E-state index in [0.717, 1.165) is 32.5 Å². The summed E-state index contributed by atoms with van der Waals surface area (Å²) in [6.45, 7) is 4.55. The monoisotopic (exact) mass is 329 g/mol. The van der Waals surface area contributed by atoms with Gasteiger partial charge in [0.1, 0.15) is 6.54 Å². The number of carbonyl (C=O) groups excluding carboxylic acids is 1. The van der Waals surface area contributed by atoms with Gasteiger partial charge in [-0.3, -0.25) is 9.69 Å². The van der Waals surface area contributed by atoms with E-state index < -0.39 is 0 Å². The van der Waals surface area contributed by atoms with Crippen LogP contribution in [0.1, 0.15) is 23.3 Å². The summed E-state index contributed by atoms with van der Waals surface area (Å²) in [5.74, 6) is 0.249. The highest BCUT2D eigenvalue weighted by Crippen LogP contribution is 2.28. The van der Waals surface area contributed by atoms with Crippen LogP contribution in [-0.2, 0) is 24.3 Å². The molecule has 0 N–H and O–H groups in total. The van der Waals surface area contributed by atoms with Crippen LogP contribution in [0.2, 0.25) is 0 Å². The fourth-order valence-corrected chi connectivity index (χ4v) is 4.68. The van der Waals surface area contributed by atoms with Crippen molar-refractivity contribution in [3.63, 3.8) is 0 Å². The number of piperidine rings is 1. The molecule has 4 rings (SSSR count). The number of hydrogen-bond donors (Lipinski definition) is 0. The Morgan fingerprint density at radius 3 is 2.74 bits per heavy atom. The summed E-state index contributed by atoms with van der Waals surface area (Å²) in [6.07, 6.45) is 7.32. The second kappa shape index (κ2) is 6.49. The zero-order valence-electron chi connectivity index (χ0n) is 13.4. The third-order valence-corrected chi connectivity index (χ3v) is 6.18. The van der Waals surface area contributed by atoms with E-state index in [0.29, 0.717) is 12.6 Å². The van der Waals surface area contributed by atoms with E-state index in [1.165, 1.54) is 18.5 Å². The van der Waals surface area contributed by atoms with Crippen molar-refractivity contribution in [1.82, 2.24) is 14.4 Å². The van der Waals surface area contributed by atoms with Gasteiger partial charge in [0.2, 0.25) is 5.91 Å². The minimum Gasteiger partial charge on any atom is -0.345 e. The largest absolute Gasteiger partial charge is 0.345 e. The fraction of sp³-hybridized carbons (Fsp3) is 0.500. The van der Waals surface area contributed by atoms with Gasteiger partial charge >= 0.3 is 0 Å². The minimum absolute atomic E-state index is 0.249. The molecule has 122 valence electrons. The first-order valence-corrected chi connectivity index (χ1v) is 9.35. The van der Waals surface area contributed by atoms with Crippen LogP contribution in [0.5, 0.6) is 0 Å². The lowest BCUT2D eigenvalue weighted by Crippen LogP contribution is -2.48. The first kappa shape index (κ1) is 15.0. The average Bonchev–Trinajstić information content (AvgIpc) is 3.25. The molecule has 2 aliphatic heterocycles. The number of aromatic nitrogens is 1. The van der Waals surface area contributed by atoms with E-state index in [1.54, 1.807) is 4.88 Å². The molecule has 23 heavy (non-hydrogen) atoms. The summed E-state index contributed by atoms with van der Waals surface area (Å²) in [6, 6.07) is 6.85. The normalized spacial score (nSPS) is 19.7. The number of fused-ring (bicyclic) bond motifs is 1. The van der Waals surface area contributed by atoms with Gasteiger partial charge in [-0.25, -0.2) is 0 Å². The Morgan fingerprint density at radius 1 is 1.17 bits per heavy atom. The Balaban J connectivity index is 1.30. The predicted molar refractivity (Wildman–Crippen MR) is 92.5 cm³/mol. The molecule has 0 radical (unpaired) electrons. The lowest BCUT2D eigenvalue weighted by atomic mass is 9.99. The van der Waals surface area contributed by atoms with Gasteiger partial charge in [-0.15, -0.1) is 11.3 Å². The van der Waals surface area contributed by atoms with Crippen LogP contribution < -0.4 is 0 Å². The number of nitrogens with zero attached hydrogens (tertiary/aromatic N) is 3. The van der Waals surface area contributed by atoms with Gasteiger partial charge in [-0.2, -0.15) is 0 Å². The van der Waals surface area contributed by atoms with Crippen molar-refractivity contribution in [2.75, 3.05) is 19.6 Å². The SMILES string of the molecule is O=C(Cn1cccc1)N1CCC(N2CCc3sccc3C2)CC1. The van der Waals surface area contributed by atoms with E-state index in [2.05, 4.69) is 16.3 Å². The fourth-order valence-electron chi connectivity index (χ4n) is 3.79. The molecule has 0 aromatic carbocycles. The Labute approximate surface area is 141 Å². The summed E-state index contributed by atoms with van der Waals surface area (Å²) in [5.41, 5.74) is 1.52. The lowest BCUT2D eigenvalue weighted by molar-refractivity contribution is -0.133. The van der Waals surface area contributed by atoms with Gasteiger partial charge in [0.05, 0.1) is 0 Å². The predicted octanol–water partition coefficient (Wildman–Crippen LogP) is 2.60. The molecule has 4 heterocycles. The van der Waals surface area contributed by atoms with Crippen molar-refractivity contribution in [2.24, 2.45) is 0 Å². The molecule has 1 saturated heterocycles. The van der Waals surface area contributed by atoms with Crippen LogP contribution in [-0.4, -0.2) is 46.0 Å². The highest BCUT2D eigenvalue weighted by atomic mass is 32.1. The highest BCUT2D eigenvalue weighted by Gasteiger charge is 2.29. The number of thiophene rings is 1. The van der Waals surface area contributed by atoms with Crippen LogP contribution in [0.4, 0.5) is 0 Å². The summed E-state index contributed by atoms with van der Waals surface area (Å²) in [4.78, 5) is 18.6. The van der Waals surface area contributed by atoms with Crippen LogP contribution in [0, 0.1) is 0 Å². The van der Waals surface area contributed by atoms with E-state index >= 15 is 0 Å². The topological polar surface area (TPSA) is 28.5 Å². The quantitative estimate of drug-likeness (QED) is 0.866. The molecule has 4 nitrogen and oxygen atoms in total. The molecule has 2 aromatic heterocycles. The van der Waals surface area contributed by atoms with Crippen molar-refractivity contribution in [3.05, 3.63) is 46.4 Å². The Bertz CT molecular complexity index is 656. The first-order valence-electron chi connectivity index (χ1n) is 8.47. The molecule has 0 saturated carbocycles. The summed E-state index contributed by atoms with van der Waals surface area (Å²) in [7, 11) is 0. The van der Waals surface area contributed by atoms with Gasteiger partial charge < -0.3 is 9.47 Å². The number of amides is 1. The van der Waals surface area contributed by atoms with Crippen LogP contribution in [0.25, 0.3) is 0 Å². The molecule has 1 fully saturated rings. The van der Waals surface area contributed by atoms with Gasteiger partial charge in [0.15, 0.2) is 0 Å². The van der Waals surface area contributed by atoms with E-state index in [-0.39, 0.29) is 5.91 Å². The molecule has 0 bridgehead atoms. The Kier molecular flexibility index (Phi) is 4.23. The lowest BCUT2D eigenvalue weighted by Gasteiger charge is -2.40. The number of likely N-dealkylation sites (tertiary alicyclic amines) is 1. The van der Waals surface area contributed by atoms with Crippen molar-refractivity contribution < 1.29 is 4.79 Å². The van der Waals surface area contributed by atoms with Gasteiger partial charge in [0.25, 0.3) is 0 Å². The van der Waals surface area contributed by atoms with Gasteiger partial charge in [-0.05, 0) is 48.4 Å². The van der Waals surface area contributed by atoms with Crippen LogP contribution >= 0.6 is 11.3 Å². The number of carbonyl (C=O) groups is 1. The zero-order valence-corrected chi connectivity index (χ0v) is 14.2. The Morgan fingerprint density at radius 2 is 1.96 bits per heavy atom. The minimum atomic E-state index is 0.249. The van der Waals surface area contributed by atoms with Crippen molar-refractivity contribution >= 4 is 17.2 Å². The molecule has 0 unspecified atom stereocenters.